The van der Waals surface area contributed by atoms with Gasteiger partial charge in [0.05, 0.1) is 17.8 Å². The maximum absolute atomic E-state index is 12.8. The van der Waals surface area contributed by atoms with Crippen molar-refractivity contribution in [3.8, 4) is 0 Å². The predicted octanol–water partition coefficient (Wildman–Crippen LogP) is 0.293. The number of amides is 2. The number of rotatable bonds is 6. The molecule has 2 aliphatic rings. The number of nitrogens with one attached hydrogen (secondary N) is 1. The normalized spacial score (nSPS) is 23.7. The molecule has 0 bridgehead atoms. The first kappa shape index (κ1) is 18.2. The van der Waals surface area contributed by atoms with E-state index in [4.69, 9.17) is 5.11 Å². The summed E-state index contributed by atoms with van der Waals surface area (Å²) in [5, 5.41) is 16.6. The fourth-order valence-corrected chi connectivity index (χ4v) is 4.39. The highest BCUT2D eigenvalue weighted by Gasteiger charge is 2.49. The van der Waals surface area contributed by atoms with Crippen LogP contribution in [0.25, 0.3) is 0 Å². The number of hydrogen-bond acceptors (Lipinski definition) is 6. The molecule has 0 saturated carbocycles. The van der Waals surface area contributed by atoms with Crippen LogP contribution in [0, 0.1) is 5.41 Å². The van der Waals surface area contributed by atoms with Crippen molar-refractivity contribution >= 4 is 23.6 Å². The topological polar surface area (TPSA) is 102 Å². The van der Waals surface area contributed by atoms with Crippen molar-refractivity contribution in [3.05, 3.63) is 5.82 Å². The van der Waals surface area contributed by atoms with Crippen LogP contribution in [-0.4, -0.2) is 80.4 Å². The van der Waals surface area contributed by atoms with Crippen LogP contribution in [0.4, 0.5) is 0 Å². The number of thioether (sulfide) groups is 1. The minimum Gasteiger partial charge on any atom is -0.395 e. The monoisotopic (exact) mass is 367 g/mol. The lowest BCUT2D eigenvalue weighted by Gasteiger charge is -2.39. The lowest BCUT2D eigenvalue weighted by atomic mass is 9.78. The van der Waals surface area contributed by atoms with Gasteiger partial charge in [0.1, 0.15) is 5.82 Å². The maximum Gasteiger partial charge on any atom is 0.233 e. The number of likely N-dealkylation sites (tertiary alicyclic amines) is 2. The Bertz CT molecular complexity index is 635. The smallest absolute Gasteiger partial charge is 0.233 e. The Morgan fingerprint density at radius 1 is 1.40 bits per heavy atom. The van der Waals surface area contributed by atoms with Gasteiger partial charge in [-0.25, -0.2) is 4.98 Å². The predicted molar refractivity (Wildman–Crippen MR) is 93.0 cm³/mol. The average Bonchev–Trinajstić information content (AvgIpc) is 3.25. The molecule has 2 aliphatic heterocycles. The van der Waals surface area contributed by atoms with Crippen LogP contribution in [0.1, 0.15) is 32.0 Å². The molecule has 8 nitrogen and oxygen atoms in total. The molecule has 1 spiro atoms. The van der Waals surface area contributed by atoms with Crippen molar-refractivity contribution in [3.63, 3.8) is 0 Å². The Labute approximate surface area is 151 Å². The summed E-state index contributed by atoms with van der Waals surface area (Å²) in [6.45, 7) is 4.17. The van der Waals surface area contributed by atoms with E-state index in [0.29, 0.717) is 37.8 Å². The van der Waals surface area contributed by atoms with Gasteiger partial charge < -0.3 is 14.9 Å². The summed E-state index contributed by atoms with van der Waals surface area (Å²) in [6, 6.07) is 0. The second-order valence-electron chi connectivity index (χ2n) is 6.67. The summed E-state index contributed by atoms with van der Waals surface area (Å²) in [5.41, 5.74) is -0.451. The zero-order valence-electron chi connectivity index (χ0n) is 14.5. The van der Waals surface area contributed by atoms with Gasteiger partial charge in [0.2, 0.25) is 17.0 Å². The van der Waals surface area contributed by atoms with E-state index in [-0.39, 0.29) is 24.2 Å². The first-order valence-electron chi connectivity index (χ1n) is 8.80. The zero-order valence-corrected chi connectivity index (χ0v) is 15.3. The highest BCUT2D eigenvalue weighted by atomic mass is 32.2. The van der Waals surface area contributed by atoms with Gasteiger partial charge >= 0.3 is 0 Å². The highest BCUT2D eigenvalue weighted by molar-refractivity contribution is 7.99. The average molecular weight is 367 g/mol. The third-order valence-electron chi connectivity index (χ3n) is 5.07. The standard InChI is InChI=1S/C16H25N5O3S/c1-2-12-17-15(19-18-12)25-10-13(23)21-7-5-16(11-21)4-3-6-20(8-9-22)14(16)24/h22H,2-11H2,1H3,(H,17,18,19). The molecule has 2 amide bonds. The lowest BCUT2D eigenvalue weighted by molar-refractivity contribution is -0.146. The summed E-state index contributed by atoms with van der Waals surface area (Å²) in [5.74, 6) is 1.21. The van der Waals surface area contributed by atoms with Gasteiger partial charge in [-0.2, -0.15) is 0 Å². The van der Waals surface area contributed by atoms with E-state index in [9.17, 15) is 9.59 Å². The van der Waals surface area contributed by atoms with E-state index in [0.717, 1.165) is 25.1 Å². The molecular weight excluding hydrogens is 342 g/mol. The molecule has 3 heterocycles. The number of hydrogen-bond donors (Lipinski definition) is 2. The van der Waals surface area contributed by atoms with Crippen molar-refractivity contribution in [2.75, 3.05) is 38.5 Å². The minimum atomic E-state index is -0.451. The largest absolute Gasteiger partial charge is 0.395 e. The van der Waals surface area contributed by atoms with Gasteiger partial charge in [0, 0.05) is 32.6 Å². The number of aromatic nitrogens is 3. The van der Waals surface area contributed by atoms with Crippen molar-refractivity contribution < 1.29 is 14.7 Å². The fourth-order valence-electron chi connectivity index (χ4n) is 3.67. The van der Waals surface area contributed by atoms with Gasteiger partial charge in [-0.1, -0.05) is 18.7 Å². The molecule has 138 valence electrons. The number of carbonyl (C=O) groups excluding carboxylic acids is 2. The Kier molecular flexibility index (Phi) is 5.63. The Hall–Kier alpha value is -1.61. The summed E-state index contributed by atoms with van der Waals surface area (Å²) >= 11 is 1.32. The number of nitrogens with zero attached hydrogens (tertiary/aromatic N) is 4. The molecule has 2 saturated heterocycles. The van der Waals surface area contributed by atoms with E-state index in [1.165, 1.54) is 11.8 Å². The number of aryl methyl sites for hydroxylation is 1. The van der Waals surface area contributed by atoms with E-state index < -0.39 is 5.41 Å². The lowest BCUT2D eigenvalue weighted by Crippen LogP contribution is -2.51. The number of piperidine rings is 1. The van der Waals surface area contributed by atoms with E-state index in [1.54, 1.807) is 9.80 Å². The molecule has 2 N–H and O–H groups in total. The number of H-pyrrole nitrogens is 1. The number of aromatic amines is 1. The van der Waals surface area contributed by atoms with Gasteiger partial charge in [-0.05, 0) is 19.3 Å². The number of aliphatic hydroxyl groups is 1. The van der Waals surface area contributed by atoms with Crippen LogP contribution < -0.4 is 0 Å². The Morgan fingerprint density at radius 3 is 2.96 bits per heavy atom. The summed E-state index contributed by atoms with van der Waals surface area (Å²) < 4.78 is 0. The van der Waals surface area contributed by atoms with Crippen LogP contribution >= 0.6 is 11.8 Å². The molecule has 0 aromatic carbocycles. The van der Waals surface area contributed by atoms with E-state index in [1.807, 2.05) is 6.92 Å². The Balaban J connectivity index is 1.56. The van der Waals surface area contributed by atoms with Crippen LogP contribution in [0.5, 0.6) is 0 Å². The van der Waals surface area contributed by atoms with Crippen molar-refractivity contribution in [2.45, 2.75) is 37.8 Å². The van der Waals surface area contributed by atoms with Crippen LogP contribution in [0.2, 0.25) is 0 Å². The number of β-amino-alcohol motifs (C(OH)–C–C–N with tert-alkyl or cyclic N) is 1. The maximum atomic E-state index is 12.8. The molecule has 0 aliphatic carbocycles. The molecular formula is C16H25N5O3S. The van der Waals surface area contributed by atoms with Gasteiger partial charge in [0.25, 0.3) is 0 Å². The second-order valence-corrected chi connectivity index (χ2v) is 7.61. The quantitative estimate of drug-likeness (QED) is 0.701. The molecule has 1 atom stereocenters. The minimum absolute atomic E-state index is 0.0164. The SMILES string of the molecule is CCc1nc(SCC(=O)N2CCC3(CCCN(CCO)C3=O)C2)n[nH]1. The zero-order chi connectivity index (χ0) is 17.9. The molecule has 9 heteroatoms. The molecule has 1 unspecified atom stereocenters. The molecule has 3 rings (SSSR count). The molecule has 1 aromatic heterocycles. The molecule has 1 aromatic rings. The van der Waals surface area contributed by atoms with Gasteiger partial charge in [-0.3, -0.25) is 14.7 Å². The first-order chi connectivity index (χ1) is 12.1. The summed E-state index contributed by atoms with van der Waals surface area (Å²) in [7, 11) is 0. The van der Waals surface area contributed by atoms with Crippen LogP contribution in [-0.2, 0) is 16.0 Å². The van der Waals surface area contributed by atoms with Crippen molar-refractivity contribution in [2.24, 2.45) is 5.41 Å². The van der Waals surface area contributed by atoms with Crippen molar-refractivity contribution in [1.82, 2.24) is 25.0 Å². The van der Waals surface area contributed by atoms with E-state index >= 15 is 0 Å². The summed E-state index contributed by atoms with van der Waals surface area (Å²) in [4.78, 5) is 33.1. The molecule has 25 heavy (non-hydrogen) atoms. The molecule has 2 fully saturated rings. The van der Waals surface area contributed by atoms with Gasteiger partial charge in [-0.15, -0.1) is 5.10 Å². The van der Waals surface area contributed by atoms with Crippen molar-refractivity contribution in [1.29, 1.82) is 0 Å². The third kappa shape index (κ3) is 3.82. The van der Waals surface area contributed by atoms with Crippen LogP contribution in [0.3, 0.4) is 0 Å². The third-order valence-corrected chi connectivity index (χ3v) is 5.90. The first-order valence-corrected chi connectivity index (χ1v) is 9.78. The number of aliphatic hydroxyl groups excluding tert-OH is 1. The van der Waals surface area contributed by atoms with Gasteiger partial charge in [0.15, 0.2) is 0 Å². The van der Waals surface area contributed by atoms with E-state index in [2.05, 4.69) is 15.2 Å². The highest BCUT2D eigenvalue weighted by Crippen LogP contribution is 2.40. The fraction of sp³-hybridized carbons (Fsp3) is 0.750. The Morgan fingerprint density at radius 2 is 2.24 bits per heavy atom. The number of carbonyl (C=O) groups is 2. The van der Waals surface area contributed by atoms with Crippen LogP contribution in [0.15, 0.2) is 5.16 Å². The molecule has 0 radical (unpaired) electrons. The summed E-state index contributed by atoms with van der Waals surface area (Å²) in [6.07, 6.45) is 3.25. The second kappa shape index (κ2) is 7.74.